The number of hydrogen-bond donors (Lipinski definition) is 2. The summed E-state index contributed by atoms with van der Waals surface area (Å²) in [4.78, 5) is 44.8. The van der Waals surface area contributed by atoms with Gasteiger partial charge in [0.2, 0.25) is 0 Å². The summed E-state index contributed by atoms with van der Waals surface area (Å²) < 4.78 is 5.42. The van der Waals surface area contributed by atoms with Crippen LogP contribution in [0.5, 0.6) is 0 Å². The highest BCUT2D eigenvalue weighted by molar-refractivity contribution is 6.30. The molecule has 0 bridgehead atoms. The third kappa shape index (κ3) is 8.89. The second kappa shape index (κ2) is 15.4. The van der Waals surface area contributed by atoms with Crippen molar-refractivity contribution < 1.29 is 9.53 Å². The molecule has 0 aliphatic carbocycles. The SMILES string of the molecule is CC(C)(C)OC(=O)N1CCc2nc(-c3ccncc3)nc(Cl)c2C1.c1ccc(CCNc2nc(-c3ccncc3)nc3c2CNCC3)nc1. The van der Waals surface area contributed by atoms with Gasteiger partial charge in [-0.2, -0.15) is 0 Å². The molecule has 0 fully saturated rings. The van der Waals surface area contributed by atoms with Crippen molar-refractivity contribution in [2.45, 2.75) is 58.7 Å². The van der Waals surface area contributed by atoms with E-state index in [1.54, 1.807) is 29.7 Å². The third-order valence-electron chi connectivity index (χ3n) is 7.87. The minimum absolute atomic E-state index is 0.345. The molecule has 2 aliphatic rings. The monoisotopic (exact) mass is 678 g/mol. The summed E-state index contributed by atoms with van der Waals surface area (Å²) in [6.45, 7) is 8.99. The Hall–Kier alpha value is -5.07. The van der Waals surface area contributed by atoms with Crippen molar-refractivity contribution in [1.82, 2.24) is 45.1 Å². The minimum Gasteiger partial charge on any atom is -0.444 e. The number of ether oxygens (including phenoxy) is 1. The maximum Gasteiger partial charge on any atom is 0.410 e. The van der Waals surface area contributed by atoms with Crippen molar-refractivity contribution in [3.63, 3.8) is 0 Å². The first-order valence-electron chi connectivity index (χ1n) is 16.3. The molecule has 0 saturated heterocycles. The van der Waals surface area contributed by atoms with E-state index in [9.17, 15) is 4.79 Å². The number of aromatic nitrogens is 7. The Kier molecular flexibility index (Phi) is 10.7. The Bertz CT molecular complexity index is 1870. The molecule has 7 heterocycles. The molecule has 0 atom stereocenters. The molecule has 2 aliphatic heterocycles. The zero-order valence-electron chi connectivity index (χ0n) is 27.9. The lowest BCUT2D eigenvalue weighted by Gasteiger charge is -2.31. The maximum absolute atomic E-state index is 12.2. The van der Waals surface area contributed by atoms with E-state index >= 15 is 0 Å². The van der Waals surface area contributed by atoms with E-state index in [-0.39, 0.29) is 6.09 Å². The zero-order valence-corrected chi connectivity index (χ0v) is 28.6. The molecule has 7 rings (SSSR count). The normalized spacial score (nSPS) is 13.8. The molecule has 0 spiro atoms. The number of nitrogens with zero attached hydrogens (tertiary/aromatic N) is 8. The van der Waals surface area contributed by atoms with Crippen molar-refractivity contribution >= 4 is 23.5 Å². The fraction of sp³-hybridized carbons (Fsp3) is 0.333. The average Bonchev–Trinajstić information content (AvgIpc) is 3.12. The van der Waals surface area contributed by atoms with Crippen LogP contribution in [-0.2, 0) is 37.1 Å². The van der Waals surface area contributed by atoms with Crippen molar-refractivity contribution in [2.24, 2.45) is 0 Å². The summed E-state index contributed by atoms with van der Waals surface area (Å²) in [5.74, 6) is 2.25. The lowest BCUT2D eigenvalue weighted by Crippen LogP contribution is -2.40. The molecule has 13 heteroatoms. The van der Waals surface area contributed by atoms with E-state index in [0.717, 1.165) is 77.9 Å². The van der Waals surface area contributed by atoms with Crippen molar-refractivity contribution in [3.8, 4) is 22.8 Å². The van der Waals surface area contributed by atoms with Crippen LogP contribution in [-0.4, -0.2) is 71.1 Å². The summed E-state index contributed by atoms with van der Waals surface area (Å²) >= 11 is 6.35. The van der Waals surface area contributed by atoms with E-state index in [2.05, 4.69) is 35.6 Å². The molecular formula is C36H39ClN10O2. The fourth-order valence-corrected chi connectivity index (χ4v) is 5.71. The number of amides is 1. The summed E-state index contributed by atoms with van der Waals surface area (Å²) in [7, 11) is 0. The highest BCUT2D eigenvalue weighted by Gasteiger charge is 2.28. The maximum atomic E-state index is 12.2. The first kappa shape index (κ1) is 33.8. The fourth-order valence-electron chi connectivity index (χ4n) is 5.46. The number of halogens is 1. The lowest BCUT2D eigenvalue weighted by atomic mass is 10.1. The van der Waals surface area contributed by atoms with Crippen LogP contribution in [0.2, 0.25) is 5.15 Å². The average molecular weight is 679 g/mol. The van der Waals surface area contributed by atoms with E-state index < -0.39 is 5.60 Å². The number of rotatable bonds is 6. The predicted molar refractivity (Wildman–Crippen MR) is 188 cm³/mol. The van der Waals surface area contributed by atoms with E-state index in [1.165, 1.54) is 5.56 Å². The highest BCUT2D eigenvalue weighted by Crippen LogP contribution is 2.28. The van der Waals surface area contributed by atoms with Crippen molar-refractivity contribution in [3.05, 3.63) is 107 Å². The van der Waals surface area contributed by atoms with Crippen LogP contribution in [0, 0.1) is 0 Å². The standard InChI is InChI=1S/C19H20N6.C17H19ClN4O2/c1-2-8-22-15(3-1)6-12-23-19-16-13-21-11-7-17(16)24-18(25-19)14-4-9-20-10-5-14;1-17(2,3)24-16(23)22-9-6-13-12(10-22)14(18)21-15(20-13)11-4-7-19-8-5-11/h1-5,8-10,21H,6-7,11-13H2,(H,23,24,25);4-5,7-8H,6,9-10H2,1-3H3. The minimum atomic E-state index is -0.525. The number of fused-ring (bicyclic) bond motifs is 2. The molecular weight excluding hydrogens is 640 g/mol. The summed E-state index contributed by atoms with van der Waals surface area (Å²) in [5.41, 5.74) is 6.36. The smallest absolute Gasteiger partial charge is 0.410 e. The molecule has 0 saturated carbocycles. The Balaban J connectivity index is 0.000000170. The van der Waals surface area contributed by atoms with Gasteiger partial charge in [-0.3, -0.25) is 15.0 Å². The molecule has 2 N–H and O–H groups in total. The summed E-state index contributed by atoms with van der Waals surface area (Å²) in [6, 6.07) is 13.6. The van der Waals surface area contributed by atoms with Gasteiger partial charge in [-0.15, -0.1) is 0 Å². The molecule has 252 valence electrons. The predicted octanol–water partition coefficient (Wildman–Crippen LogP) is 5.72. The van der Waals surface area contributed by atoms with Gasteiger partial charge in [-0.25, -0.2) is 24.7 Å². The number of anilines is 1. The van der Waals surface area contributed by atoms with Gasteiger partial charge in [0.15, 0.2) is 11.6 Å². The molecule has 1 amide bonds. The first-order valence-corrected chi connectivity index (χ1v) is 16.7. The van der Waals surface area contributed by atoms with Gasteiger partial charge in [0, 0.05) is 104 Å². The van der Waals surface area contributed by atoms with Crippen LogP contribution in [0.25, 0.3) is 22.8 Å². The van der Waals surface area contributed by atoms with Crippen LogP contribution in [0.4, 0.5) is 10.6 Å². The van der Waals surface area contributed by atoms with Gasteiger partial charge in [0.05, 0.1) is 17.9 Å². The van der Waals surface area contributed by atoms with Gasteiger partial charge < -0.3 is 20.3 Å². The number of nitrogens with one attached hydrogen (secondary N) is 2. The van der Waals surface area contributed by atoms with Crippen LogP contribution < -0.4 is 10.6 Å². The molecule has 12 nitrogen and oxygen atoms in total. The van der Waals surface area contributed by atoms with E-state index in [4.69, 9.17) is 26.3 Å². The van der Waals surface area contributed by atoms with Crippen LogP contribution in [0.3, 0.4) is 0 Å². The first-order chi connectivity index (χ1) is 23.7. The molecule has 0 aromatic carbocycles. The Morgan fingerprint density at radius 1 is 0.878 bits per heavy atom. The van der Waals surface area contributed by atoms with Crippen molar-refractivity contribution in [1.29, 1.82) is 0 Å². The summed E-state index contributed by atoms with van der Waals surface area (Å²) in [6.07, 6.45) is 10.8. The second-order valence-electron chi connectivity index (χ2n) is 12.6. The van der Waals surface area contributed by atoms with Gasteiger partial charge in [0.1, 0.15) is 16.6 Å². The van der Waals surface area contributed by atoms with E-state index in [0.29, 0.717) is 30.5 Å². The van der Waals surface area contributed by atoms with E-state index in [1.807, 2.05) is 69.4 Å². The topological polar surface area (TPSA) is 144 Å². The van der Waals surface area contributed by atoms with Gasteiger partial charge >= 0.3 is 6.09 Å². The largest absolute Gasteiger partial charge is 0.444 e. The Morgan fingerprint density at radius 2 is 1.55 bits per heavy atom. The Morgan fingerprint density at radius 3 is 2.20 bits per heavy atom. The number of carbonyl (C=O) groups is 1. The third-order valence-corrected chi connectivity index (χ3v) is 8.18. The highest BCUT2D eigenvalue weighted by atomic mass is 35.5. The molecule has 0 radical (unpaired) electrons. The van der Waals surface area contributed by atoms with Crippen LogP contribution >= 0.6 is 11.6 Å². The second-order valence-corrected chi connectivity index (χ2v) is 13.0. The quantitative estimate of drug-likeness (QED) is 0.213. The van der Waals surface area contributed by atoms with Gasteiger partial charge in [-0.05, 0) is 57.2 Å². The zero-order chi connectivity index (χ0) is 34.2. The van der Waals surface area contributed by atoms with Gasteiger partial charge in [-0.1, -0.05) is 17.7 Å². The molecule has 49 heavy (non-hydrogen) atoms. The summed E-state index contributed by atoms with van der Waals surface area (Å²) in [5, 5.41) is 7.27. The van der Waals surface area contributed by atoms with Crippen LogP contribution in [0.1, 0.15) is 49.0 Å². The number of hydrogen-bond acceptors (Lipinski definition) is 11. The molecule has 0 unspecified atom stereocenters. The number of carbonyl (C=O) groups excluding carboxylic acids is 1. The number of pyridine rings is 3. The lowest BCUT2D eigenvalue weighted by molar-refractivity contribution is 0.0222. The molecule has 5 aromatic heterocycles. The van der Waals surface area contributed by atoms with Crippen molar-refractivity contribution in [2.75, 3.05) is 25.0 Å². The molecule has 5 aromatic rings. The van der Waals surface area contributed by atoms with Gasteiger partial charge in [0.25, 0.3) is 0 Å². The van der Waals surface area contributed by atoms with Crippen LogP contribution in [0.15, 0.2) is 73.4 Å². The Labute approximate surface area is 290 Å².